The molecule has 0 aliphatic heterocycles. The summed E-state index contributed by atoms with van der Waals surface area (Å²) < 4.78 is 2.13. The summed E-state index contributed by atoms with van der Waals surface area (Å²) in [5, 5.41) is 18.4. The first-order valence-electron chi connectivity index (χ1n) is 12.0. The summed E-state index contributed by atoms with van der Waals surface area (Å²) in [7, 11) is 0. The monoisotopic (exact) mass is 473 g/mol. The third-order valence-electron chi connectivity index (χ3n) is 6.56. The van der Waals surface area contributed by atoms with Gasteiger partial charge in [-0.2, -0.15) is 5.10 Å². The number of aryl methyl sites for hydroxylation is 1. The number of carbonyl (C=O) groups is 1. The molecule has 1 saturated carbocycles. The van der Waals surface area contributed by atoms with Crippen molar-refractivity contribution in [2.45, 2.75) is 52.0 Å². The van der Waals surface area contributed by atoms with E-state index < -0.39 is 4.92 Å². The van der Waals surface area contributed by atoms with E-state index >= 15 is 0 Å². The Morgan fingerprint density at radius 2 is 1.69 bits per heavy atom. The molecular weight excluding hydrogens is 442 g/mol. The highest BCUT2D eigenvalue weighted by Gasteiger charge is 2.14. The van der Waals surface area contributed by atoms with E-state index in [-0.39, 0.29) is 18.1 Å². The van der Waals surface area contributed by atoms with Gasteiger partial charge in [-0.05, 0) is 68.1 Å². The van der Waals surface area contributed by atoms with Crippen LogP contribution in [0, 0.1) is 24.0 Å². The number of hydrazone groups is 1. The molecular formula is C27H31N5O3. The van der Waals surface area contributed by atoms with Gasteiger partial charge in [-0.3, -0.25) is 14.9 Å². The number of carbonyl (C=O) groups excluding carboxylic acids is 1. The van der Waals surface area contributed by atoms with E-state index in [4.69, 9.17) is 0 Å². The van der Waals surface area contributed by atoms with Crippen LogP contribution in [0.15, 0.2) is 59.7 Å². The average molecular weight is 474 g/mol. The molecule has 182 valence electrons. The number of benzene rings is 2. The second kappa shape index (κ2) is 11.1. The number of rotatable bonds is 8. The number of nitrogens with one attached hydrogen (secondary N) is 2. The number of hydrogen-bond acceptors (Lipinski definition) is 5. The SMILES string of the molecule is Cc1cc(/C=N\NC(=O)CNC2CCCCC2)c(C)n1-c1ccc(-c2ccc([N+](=O)[O-])cc2)cc1. The summed E-state index contributed by atoms with van der Waals surface area (Å²) in [6, 6.07) is 17.1. The van der Waals surface area contributed by atoms with Gasteiger partial charge in [0.25, 0.3) is 11.6 Å². The standard InChI is InChI=1S/C27H31N5O3/c1-19-16-23(17-29-30-27(33)18-28-24-6-4-3-5-7-24)20(2)31(19)25-12-8-21(9-13-25)22-10-14-26(15-11-22)32(34)35/h8-17,24,28H,3-7,18H2,1-2H3,(H,30,33)/b29-17-. The van der Waals surface area contributed by atoms with Crippen LogP contribution in [0.5, 0.6) is 0 Å². The van der Waals surface area contributed by atoms with Gasteiger partial charge in [-0.1, -0.05) is 31.4 Å². The van der Waals surface area contributed by atoms with Crippen molar-refractivity contribution in [1.82, 2.24) is 15.3 Å². The fourth-order valence-corrected chi connectivity index (χ4v) is 4.65. The zero-order valence-corrected chi connectivity index (χ0v) is 20.2. The summed E-state index contributed by atoms with van der Waals surface area (Å²) in [4.78, 5) is 22.6. The quantitative estimate of drug-likeness (QED) is 0.272. The van der Waals surface area contributed by atoms with Crippen molar-refractivity contribution in [1.29, 1.82) is 0 Å². The van der Waals surface area contributed by atoms with E-state index in [1.807, 2.05) is 44.2 Å². The fourth-order valence-electron chi connectivity index (χ4n) is 4.65. The normalized spacial score (nSPS) is 14.3. The highest BCUT2D eigenvalue weighted by atomic mass is 16.6. The van der Waals surface area contributed by atoms with Crippen LogP contribution in [0.2, 0.25) is 0 Å². The first-order chi connectivity index (χ1) is 16.9. The Kier molecular flexibility index (Phi) is 7.72. The lowest BCUT2D eigenvalue weighted by Gasteiger charge is -2.22. The van der Waals surface area contributed by atoms with E-state index in [0.29, 0.717) is 6.04 Å². The van der Waals surface area contributed by atoms with Crippen molar-refractivity contribution in [3.63, 3.8) is 0 Å². The molecule has 1 aromatic heterocycles. The molecule has 1 aliphatic carbocycles. The van der Waals surface area contributed by atoms with Crippen LogP contribution in [0.1, 0.15) is 49.1 Å². The molecule has 1 amide bonds. The Labute approximate surface area is 205 Å². The lowest BCUT2D eigenvalue weighted by atomic mass is 9.95. The summed E-state index contributed by atoms with van der Waals surface area (Å²) in [6.07, 6.45) is 7.70. The summed E-state index contributed by atoms with van der Waals surface area (Å²) in [6.45, 7) is 4.33. The smallest absolute Gasteiger partial charge is 0.269 e. The van der Waals surface area contributed by atoms with Gasteiger partial charge in [-0.25, -0.2) is 5.43 Å². The van der Waals surface area contributed by atoms with E-state index in [9.17, 15) is 14.9 Å². The van der Waals surface area contributed by atoms with Gasteiger partial charge in [-0.15, -0.1) is 0 Å². The van der Waals surface area contributed by atoms with Gasteiger partial charge in [0, 0.05) is 40.8 Å². The molecule has 8 nitrogen and oxygen atoms in total. The van der Waals surface area contributed by atoms with Gasteiger partial charge in [0.15, 0.2) is 0 Å². The Morgan fingerprint density at radius 1 is 1.06 bits per heavy atom. The molecule has 4 rings (SSSR count). The van der Waals surface area contributed by atoms with E-state index in [1.54, 1.807) is 18.3 Å². The number of amides is 1. The van der Waals surface area contributed by atoms with Crippen molar-refractivity contribution in [3.8, 4) is 16.8 Å². The minimum Gasteiger partial charge on any atom is -0.318 e. The third kappa shape index (κ3) is 6.02. The highest BCUT2D eigenvalue weighted by Crippen LogP contribution is 2.26. The van der Waals surface area contributed by atoms with Crippen LogP contribution in [0.4, 0.5) is 5.69 Å². The molecule has 8 heteroatoms. The third-order valence-corrected chi connectivity index (χ3v) is 6.56. The first kappa shape index (κ1) is 24.3. The van der Waals surface area contributed by atoms with Crippen molar-refractivity contribution in [3.05, 3.63) is 81.7 Å². The van der Waals surface area contributed by atoms with Crippen LogP contribution >= 0.6 is 0 Å². The summed E-state index contributed by atoms with van der Waals surface area (Å²) >= 11 is 0. The number of aromatic nitrogens is 1. The summed E-state index contributed by atoms with van der Waals surface area (Å²) in [5.41, 5.74) is 8.61. The number of nitrogens with zero attached hydrogens (tertiary/aromatic N) is 3. The maximum atomic E-state index is 12.1. The van der Waals surface area contributed by atoms with Gasteiger partial charge < -0.3 is 9.88 Å². The second-order valence-corrected chi connectivity index (χ2v) is 9.02. The Hall–Kier alpha value is -3.78. The topological polar surface area (TPSA) is 102 Å². The fraction of sp³-hybridized carbons (Fsp3) is 0.333. The molecule has 0 bridgehead atoms. The van der Waals surface area contributed by atoms with Gasteiger partial charge in [0.05, 0.1) is 17.7 Å². The van der Waals surface area contributed by atoms with Crippen molar-refractivity contribution < 1.29 is 9.72 Å². The lowest BCUT2D eigenvalue weighted by molar-refractivity contribution is -0.384. The van der Waals surface area contributed by atoms with E-state index in [2.05, 4.69) is 20.4 Å². The Morgan fingerprint density at radius 3 is 2.31 bits per heavy atom. The highest BCUT2D eigenvalue weighted by molar-refractivity contribution is 5.84. The summed E-state index contributed by atoms with van der Waals surface area (Å²) in [5.74, 6) is -0.137. The average Bonchev–Trinajstić information content (AvgIpc) is 3.16. The van der Waals surface area contributed by atoms with E-state index in [1.165, 1.54) is 31.4 Å². The van der Waals surface area contributed by atoms with Crippen molar-refractivity contribution in [2.24, 2.45) is 5.10 Å². The zero-order chi connectivity index (χ0) is 24.8. The van der Waals surface area contributed by atoms with Crippen molar-refractivity contribution >= 4 is 17.8 Å². The lowest BCUT2D eigenvalue weighted by Crippen LogP contribution is -2.38. The number of nitro groups is 1. The number of nitro benzene ring substituents is 1. The molecule has 35 heavy (non-hydrogen) atoms. The Bertz CT molecular complexity index is 1210. The van der Waals surface area contributed by atoms with Gasteiger partial charge in [0.2, 0.25) is 0 Å². The Balaban J connectivity index is 1.39. The maximum absolute atomic E-state index is 12.1. The van der Waals surface area contributed by atoms with Gasteiger partial charge in [0.1, 0.15) is 0 Å². The first-order valence-corrected chi connectivity index (χ1v) is 12.0. The molecule has 2 aromatic carbocycles. The molecule has 3 aromatic rings. The second-order valence-electron chi connectivity index (χ2n) is 9.02. The van der Waals surface area contributed by atoms with Gasteiger partial charge >= 0.3 is 0 Å². The largest absolute Gasteiger partial charge is 0.318 e. The molecule has 1 fully saturated rings. The molecule has 1 heterocycles. The minimum atomic E-state index is -0.398. The molecule has 0 spiro atoms. The number of non-ortho nitro benzene ring substituents is 1. The van der Waals surface area contributed by atoms with Crippen molar-refractivity contribution in [2.75, 3.05) is 6.54 Å². The molecule has 2 N–H and O–H groups in total. The molecule has 0 saturated heterocycles. The number of hydrogen-bond donors (Lipinski definition) is 2. The van der Waals surface area contributed by atoms with Crippen LogP contribution in [-0.2, 0) is 4.79 Å². The molecule has 0 unspecified atom stereocenters. The van der Waals surface area contributed by atoms with Crippen LogP contribution in [0.3, 0.4) is 0 Å². The predicted octanol–water partition coefficient (Wildman–Crippen LogP) is 5.04. The zero-order valence-electron chi connectivity index (χ0n) is 20.2. The molecule has 1 aliphatic rings. The molecule has 0 atom stereocenters. The van der Waals surface area contributed by atoms with Crippen LogP contribution < -0.4 is 10.7 Å². The molecule has 0 radical (unpaired) electrons. The maximum Gasteiger partial charge on any atom is 0.269 e. The van der Waals surface area contributed by atoms with Crippen LogP contribution in [-0.4, -0.2) is 34.2 Å². The predicted molar refractivity (Wildman–Crippen MR) is 138 cm³/mol. The van der Waals surface area contributed by atoms with E-state index in [0.717, 1.165) is 46.6 Å². The minimum absolute atomic E-state index is 0.0785. The van der Waals surface area contributed by atoms with Crippen LogP contribution in [0.25, 0.3) is 16.8 Å².